The van der Waals surface area contributed by atoms with Crippen molar-refractivity contribution in [1.82, 2.24) is 0 Å². The second-order valence-electron chi connectivity index (χ2n) is 3.65. The molecule has 0 fully saturated rings. The lowest BCUT2D eigenvalue weighted by molar-refractivity contribution is 0.477. The van der Waals surface area contributed by atoms with Gasteiger partial charge in [-0.05, 0) is 29.8 Å². The highest BCUT2D eigenvalue weighted by atomic mass is 35.5. The molecule has 0 unspecified atom stereocenters. The molecule has 0 aliphatic heterocycles. The third-order valence-electron chi connectivity index (χ3n) is 2.35. The maximum absolute atomic E-state index is 13.2. The summed E-state index contributed by atoms with van der Waals surface area (Å²) in [7, 11) is 0. The summed E-state index contributed by atoms with van der Waals surface area (Å²) >= 11 is 11.6. The molecule has 0 saturated carbocycles. The van der Waals surface area contributed by atoms with Crippen LogP contribution in [0.1, 0.15) is 5.56 Å². The van der Waals surface area contributed by atoms with E-state index in [1.165, 1.54) is 12.1 Å². The summed E-state index contributed by atoms with van der Waals surface area (Å²) in [5, 5.41) is 0.472. The minimum absolute atomic E-state index is 0.0481. The highest BCUT2D eigenvalue weighted by Crippen LogP contribution is 2.31. The zero-order valence-electron chi connectivity index (χ0n) is 9.29. The molecule has 0 aliphatic carbocycles. The molecule has 2 rings (SSSR count). The van der Waals surface area contributed by atoms with E-state index in [4.69, 9.17) is 33.7 Å². The van der Waals surface area contributed by atoms with Crippen LogP contribution < -0.4 is 10.5 Å². The van der Waals surface area contributed by atoms with Gasteiger partial charge in [0.1, 0.15) is 17.3 Å². The first-order chi connectivity index (χ1) is 8.60. The van der Waals surface area contributed by atoms with E-state index < -0.39 is 5.82 Å². The summed E-state index contributed by atoms with van der Waals surface area (Å²) in [6.07, 6.45) is 0. The van der Waals surface area contributed by atoms with Crippen LogP contribution in [0.2, 0.25) is 10.0 Å². The average molecular weight is 286 g/mol. The summed E-state index contributed by atoms with van der Waals surface area (Å²) < 4.78 is 18.7. The predicted molar refractivity (Wildman–Crippen MR) is 70.8 cm³/mol. The lowest BCUT2D eigenvalue weighted by Gasteiger charge is -2.09. The first kappa shape index (κ1) is 13.1. The molecular formula is C13H10Cl2FNO. The lowest BCUT2D eigenvalue weighted by Crippen LogP contribution is -1.96. The van der Waals surface area contributed by atoms with Crippen LogP contribution in [-0.4, -0.2) is 0 Å². The zero-order valence-corrected chi connectivity index (χ0v) is 10.8. The molecule has 2 aromatic carbocycles. The SMILES string of the molecule is NCc1ccc(Oc2ccc(Cl)c(F)c2)c(Cl)c1. The van der Waals surface area contributed by atoms with E-state index in [0.29, 0.717) is 23.1 Å². The molecule has 5 heteroatoms. The number of rotatable bonds is 3. The molecule has 0 radical (unpaired) electrons. The second kappa shape index (κ2) is 5.57. The number of hydrogen-bond donors (Lipinski definition) is 1. The molecule has 0 bridgehead atoms. The molecule has 2 aromatic rings. The van der Waals surface area contributed by atoms with Crippen LogP contribution in [0.15, 0.2) is 36.4 Å². The molecule has 2 N–H and O–H groups in total. The van der Waals surface area contributed by atoms with Gasteiger partial charge in [-0.2, -0.15) is 0 Å². The van der Waals surface area contributed by atoms with Crippen molar-refractivity contribution in [1.29, 1.82) is 0 Å². The fraction of sp³-hybridized carbons (Fsp3) is 0.0769. The van der Waals surface area contributed by atoms with Gasteiger partial charge < -0.3 is 10.5 Å². The second-order valence-corrected chi connectivity index (χ2v) is 4.46. The van der Waals surface area contributed by atoms with Gasteiger partial charge in [0, 0.05) is 12.6 Å². The van der Waals surface area contributed by atoms with E-state index in [-0.39, 0.29) is 5.02 Å². The van der Waals surface area contributed by atoms with Gasteiger partial charge in [-0.15, -0.1) is 0 Å². The summed E-state index contributed by atoms with van der Waals surface area (Å²) in [6.45, 7) is 0.398. The first-order valence-electron chi connectivity index (χ1n) is 5.21. The number of hydrogen-bond acceptors (Lipinski definition) is 2. The molecule has 94 valence electrons. The molecule has 0 aromatic heterocycles. The molecule has 2 nitrogen and oxygen atoms in total. The quantitative estimate of drug-likeness (QED) is 0.908. The lowest BCUT2D eigenvalue weighted by atomic mass is 10.2. The van der Waals surface area contributed by atoms with Crippen molar-refractivity contribution >= 4 is 23.2 Å². The van der Waals surface area contributed by atoms with Gasteiger partial charge in [-0.3, -0.25) is 0 Å². The van der Waals surface area contributed by atoms with Gasteiger partial charge in [0.2, 0.25) is 0 Å². The Hall–Kier alpha value is -1.29. The van der Waals surface area contributed by atoms with Gasteiger partial charge in [-0.25, -0.2) is 4.39 Å². The maximum Gasteiger partial charge on any atom is 0.146 e. The Labute approximate surface area is 114 Å². The fourth-order valence-electron chi connectivity index (χ4n) is 1.42. The Morgan fingerprint density at radius 3 is 2.44 bits per heavy atom. The Morgan fingerprint density at radius 2 is 1.83 bits per heavy atom. The minimum atomic E-state index is -0.538. The van der Waals surface area contributed by atoms with Gasteiger partial charge in [0.15, 0.2) is 0 Å². The minimum Gasteiger partial charge on any atom is -0.456 e. The zero-order chi connectivity index (χ0) is 13.1. The van der Waals surface area contributed by atoms with Gasteiger partial charge >= 0.3 is 0 Å². The number of halogens is 3. The molecule has 0 spiro atoms. The number of nitrogens with two attached hydrogens (primary N) is 1. The van der Waals surface area contributed by atoms with Crippen LogP contribution in [0.5, 0.6) is 11.5 Å². The van der Waals surface area contributed by atoms with Crippen molar-refractivity contribution in [2.75, 3.05) is 0 Å². The summed E-state index contributed by atoms with van der Waals surface area (Å²) in [5.74, 6) is 0.235. The van der Waals surface area contributed by atoms with Crippen molar-refractivity contribution in [3.8, 4) is 11.5 Å². The molecule has 18 heavy (non-hydrogen) atoms. The van der Waals surface area contributed by atoms with Crippen LogP contribution in [0.25, 0.3) is 0 Å². The van der Waals surface area contributed by atoms with E-state index in [1.54, 1.807) is 24.3 Å². The monoisotopic (exact) mass is 285 g/mol. The molecule has 0 amide bonds. The van der Waals surface area contributed by atoms with Crippen LogP contribution in [0.3, 0.4) is 0 Å². The van der Waals surface area contributed by atoms with Crippen molar-refractivity contribution in [3.63, 3.8) is 0 Å². The van der Waals surface area contributed by atoms with Crippen molar-refractivity contribution in [3.05, 3.63) is 57.8 Å². The standard InChI is InChI=1S/C13H10Cl2FNO/c14-10-3-2-9(6-12(10)16)18-13-4-1-8(7-17)5-11(13)15/h1-6H,7,17H2. The van der Waals surface area contributed by atoms with Crippen molar-refractivity contribution in [2.24, 2.45) is 5.73 Å². The topological polar surface area (TPSA) is 35.2 Å². The van der Waals surface area contributed by atoms with E-state index in [1.807, 2.05) is 0 Å². The van der Waals surface area contributed by atoms with Gasteiger partial charge in [-0.1, -0.05) is 29.3 Å². The third-order valence-corrected chi connectivity index (χ3v) is 2.95. The Balaban J connectivity index is 2.25. The molecule has 0 aliphatic rings. The summed E-state index contributed by atoms with van der Waals surface area (Å²) in [4.78, 5) is 0. The summed E-state index contributed by atoms with van der Waals surface area (Å²) in [6, 6.07) is 9.40. The highest BCUT2D eigenvalue weighted by Gasteiger charge is 2.06. The Morgan fingerprint density at radius 1 is 1.06 bits per heavy atom. The van der Waals surface area contributed by atoms with Crippen molar-refractivity contribution in [2.45, 2.75) is 6.54 Å². The smallest absolute Gasteiger partial charge is 0.146 e. The van der Waals surface area contributed by atoms with Crippen LogP contribution in [0, 0.1) is 5.82 Å². The van der Waals surface area contributed by atoms with E-state index in [2.05, 4.69) is 0 Å². The van der Waals surface area contributed by atoms with E-state index in [0.717, 1.165) is 5.56 Å². The highest BCUT2D eigenvalue weighted by molar-refractivity contribution is 6.32. The Kier molecular flexibility index (Phi) is 4.07. The number of benzene rings is 2. The Bertz CT molecular complexity index is 575. The fourth-order valence-corrected chi connectivity index (χ4v) is 1.78. The normalized spacial score (nSPS) is 10.4. The first-order valence-corrected chi connectivity index (χ1v) is 5.97. The van der Waals surface area contributed by atoms with Crippen LogP contribution in [0.4, 0.5) is 4.39 Å². The molecular weight excluding hydrogens is 276 g/mol. The van der Waals surface area contributed by atoms with Crippen LogP contribution >= 0.6 is 23.2 Å². The van der Waals surface area contributed by atoms with Gasteiger partial charge in [0.25, 0.3) is 0 Å². The van der Waals surface area contributed by atoms with Crippen LogP contribution in [-0.2, 0) is 6.54 Å². The molecule has 0 heterocycles. The largest absolute Gasteiger partial charge is 0.456 e. The van der Waals surface area contributed by atoms with E-state index in [9.17, 15) is 4.39 Å². The van der Waals surface area contributed by atoms with Crippen molar-refractivity contribution < 1.29 is 9.13 Å². The average Bonchev–Trinajstić information content (AvgIpc) is 2.36. The third kappa shape index (κ3) is 2.93. The predicted octanol–water partition coefficient (Wildman–Crippen LogP) is 4.38. The van der Waals surface area contributed by atoms with E-state index >= 15 is 0 Å². The summed E-state index contributed by atoms with van der Waals surface area (Å²) in [5.41, 5.74) is 6.39. The van der Waals surface area contributed by atoms with Gasteiger partial charge in [0.05, 0.1) is 10.0 Å². The molecule has 0 atom stereocenters. The number of ether oxygens (including phenoxy) is 1. The molecule has 0 saturated heterocycles. The maximum atomic E-state index is 13.2.